The van der Waals surface area contributed by atoms with Crippen LogP contribution in [0.5, 0.6) is 5.75 Å². The van der Waals surface area contributed by atoms with Crippen molar-refractivity contribution >= 4 is 17.5 Å². The highest BCUT2D eigenvalue weighted by atomic mass is 16.5. The van der Waals surface area contributed by atoms with E-state index in [4.69, 9.17) is 10.5 Å². The molecular formula is C20H18N4O3. The number of aryl methyl sites for hydroxylation is 1. The van der Waals surface area contributed by atoms with E-state index in [0.717, 1.165) is 5.56 Å². The number of ether oxygens (including phenoxy) is 1. The number of nitrogens with two attached hydrogens (primary N) is 1. The number of aromatic nitrogens is 2. The van der Waals surface area contributed by atoms with E-state index in [1.54, 1.807) is 17.0 Å². The zero-order valence-electron chi connectivity index (χ0n) is 14.8. The third-order valence-corrected chi connectivity index (χ3v) is 4.41. The zero-order chi connectivity index (χ0) is 19.0. The van der Waals surface area contributed by atoms with Gasteiger partial charge in [0.25, 0.3) is 11.8 Å². The zero-order valence-corrected chi connectivity index (χ0v) is 14.8. The van der Waals surface area contributed by atoms with E-state index in [0.29, 0.717) is 30.3 Å². The molecule has 0 radical (unpaired) electrons. The summed E-state index contributed by atoms with van der Waals surface area (Å²) in [6.07, 6.45) is 0. The molecule has 1 aliphatic heterocycles. The fraction of sp³-hybridized carbons (Fsp3) is 0.150. The molecule has 1 aromatic heterocycles. The predicted octanol–water partition coefficient (Wildman–Crippen LogP) is 2.32. The van der Waals surface area contributed by atoms with Crippen LogP contribution in [0.4, 0.5) is 5.69 Å². The van der Waals surface area contributed by atoms with Crippen LogP contribution in [0.2, 0.25) is 0 Å². The molecule has 2 heterocycles. The molecule has 0 aliphatic carbocycles. The van der Waals surface area contributed by atoms with Gasteiger partial charge >= 0.3 is 0 Å². The maximum Gasteiger partial charge on any atom is 0.279 e. The summed E-state index contributed by atoms with van der Waals surface area (Å²) in [5.41, 5.74) is 8.19. The quantitative estimate of drug-likeness (QED) is 0.774. The van der Waals surface area contributed by atoms with Crippen molar-refractivity contribution in [2.45, 2.75) is 6.92 Å². The van der Waals surface area contributed by atoms with E-state index in [2.05, 4.69) is 5.10 Å². The number of rotatable bonds is 3. The Morgan fingerprint density at radius 2 is 1.89 bits per heavy atom. The van der Waals surface area contributed by atoms with E-state index in [1.807, 2.05) is 43.3 Å². The molecule has 27 heavy (non-hydrogen) atoms. The summed E-state index contributed by atoms with van der Waals surface area (Å²) < 4.78 is 7.06. The second-order valence-electron chi connectivity index (χ2n) is 6.30. The number of nitrogens with zero attached hydrogens (tertiary/aromatic N) is 3. The van der Waals surface area contributed by atoms with Gasteiger partial charge in [-0.15, -0.1) is 0 Å². The molecule has 3 aromatic rings. The minimum atomic E-state index is -0.650. The van der Waals surface area contributed by atoms with Gasteiger partial charge in [-0.1, -0.05) is 24.3 Å². The topological polar surface area (TPSA) is 90.5 Å². The molecule has 1 aliphatic rings. The smallest absolute Gasteiger partial charge is 0.279 e. The van der Waals surface area contributed by atoms with Gasteiger partial charge in [-0.25, -0.2) is 4.68 Å². The van der Waals surface area contributed by atoms with Gasteiger partial charge in [-0.3, -0.25) is 9.59 Å². The number of fused-ring (bicyclic) bond motifs is 1. The summed E-state index contributed by atoms with van der Waals surface area (Å²) >= 11 is 0. The fourth-order valence-corrected chi connectivity index (χ4v) is 3.10. The van der Waals surface area contributed by atoms with Crippen molar-refractivity contribution in [1.82, 2.24) is 9.78 Å². The molecule has 0 spiro atoms. The lowest BCUT2D eigenvalue weighted by atomic mass is 10.1. The number of benzene rings is 2. The van der Waals surface area contributed by atoms with Crippen molar-refractivity contribution in [3.05, 3.63) is 71.5 Å². The third kappa shape index (κ3) is 3.03. The number of primary amides is 1. The number of amides is 2. The Labute approximate surface area is 156 Å². The lowest BCUT2D eigenvalue weighted by Gasteiger charge is -2.29. The molecule has 2 aromatic carbocycles. The molecule has 7 heteroatoms. The van der Waals surface area contributed by atoms with Crippen LogP contribution in [0.25, 0.3) is 5.69 Å². The van der Waals surface area contributed by atoms with Crippen LogP contribution >= 0.6 is 0 Å². The standard InChI is InChI=1S/C20H18N4O3/c1-13-7-8-16-18(11-13)27-10-9-23(16)20(26)15-12-17(19(21)25)24(22-15)14-5-3-2-4-6-14/h2-8,11-12H,9-10H2,1H3,(H2,21,25). The van der Waals surface area contributed by atoms with Gasteiger partial charge in [-0.2, -0.15) is 5.10 Å². The molecule has 7 nitrogen and oxygen atoms in total. The van der Waals surface area contributed by atoms with Crippen LogP contribution in [0, 0.1) is 6.92 Å². The lowest BCUT2D eigenvalue weighted by molar-refractivity contribution is 0.0969. The SMILES string of the molecule is Cc1ccc2c(c1)OCCN2C(=O)c1cc(C(N)=O)n(-c2ccccc2)n1. The highest BCUT2D eigenvalue weighted by Crippen LogP contribution is 2.33. The first-order valence-corrected chi connectivity index (χ1v) is 8.55. The molecular weight excluding hydrogens is 344 g/mol. The Kier molecular flexibility index (Phi) is 4.12. The largest absolute Gasteiger partial charge is 0.490 e. The van der Waals surface area contributed by atoms with E-state index in [-0.39, 0.29) is 17.3 Å². The first-order chi connectivity index (χ1) is 13.0. The average Bonchev–Trinajstić information content (AvgIpc) is 3.13. The normalized spacial score (nSPS) is 13.0. The molecule has 0 bridgehead atoms. The van der Waals surface area contributed by atoms with E-state index >= 15 is 0 Å². The summed E-state index contributed by atoms with van der Waals surface area (Å²) in [5.74, 6) is -0.295. The molecule has 0 atom stereocenters. The summed E-state index contributed by atoms with van der Waals surface area (Å²) in [4.78, 5) is 26.6. The Morgan fingerprint density at radius 1 is 1.11 bits per heavy atom. The number of anilines is 1. The Bertz CT molecular complexity index is 1030. The van der Waals surface area contributed by atoms with Crippen LogP contribution in [-0.4, -0.2) is 34.7 Å². The minimum absolute atomic E-state index is 0.154. The summed E-state index contributed by atoms with van der Waals surface area (Å²) in [6, 6.07) is 16.2. The number of para-hydroxylation sites is 1. The van der Waals surface area contributed by atoms with Crippen molar-refractivity contribution in [3.63, 3.8) is 0 Å². The van der Waals surface area contributed by atoms with Gasteiger partial charge in [0.05, 0.1) is 17.9 Å². The first kappa shape index (κ1) is 16.8. The monoisotopic (exact) mass is 362 g/mol. The van der Waals surface area contributed by atoms with Crippen LogP contribution in [0.15, 0.2) is 54.6 Å². The second-order valence-corrected chi connectivity index (χ2v) is 6.30. The van der Waals surface area contributed by atoms with Crippen molar-refractivity contribution in [2.24, 2.45) is 5.73 Å². The van der Waals surface area contributed by atoms with Crippen LogP contribution in [-0.2, 0) is 0 Å². The predicted molar refractivity (Wildman–Crippen MR) is 100 cm³/mol. The number of carbonyl (C=O) groups is 2. The van der Waals surface area contributed by atoms with Crippen LogP contribution in [0.3, 0.4) is 0 Å². The van der Waals surface area contributed by atoms with Gasteiger partial charge in [0.15, 0.2) is 5.69 Å². The van der Waals surface area contributed by atoms with Crippen molar-refractivity contribution in [1.29, 1.82) is 0 Å². The fourth-order valence-electron chi connectivity index (χ4n) is 3.10. The summed E-state index contributed by atoms with van der Waals surface area (Å²) in [5, 5.41) is 4.35. The molecule has 0 unspecified atom stereocenters. The van der Waals surface area contributed by atoms with Crippen LogP contribution < -0.4 is 15.4 Å². The van der Waals surface area contributed by atoms with E-state index in [9.17, 15) is 9.59 Å². The molecule has 0 saturated carbocycles. The van der Waals surface area contributed by atoms with Gasteiger partial charge in [0.1, 0.15) is 18.1 Å². The highest BCUT2D eigenvalue weighted by Gasteiger charge is 2.28. The Morgan fingerprint density at radius 3 is 2.63 bits per heavy atom. The van der Waals surface area contributed by atoms with E-state index in [1.165, 1.54) is 10.7 Å². The minimum Gasteiger partial charge on any atom is -0.490 e. The molecule has 4 rings (SSSR count). The number of hydrogen-bond donors (Lipinski definition) is 1. The van der Waals surface area contributed by atoms with E-state index < -0.39 is 5.91 Å². The van der Waals surface area contributed by atoms with Crippen molar-refractivity contribution < 1.29 is 14.3 Å². The summed E-state index contributed by atoms with van der Waals surface area (Å²) in [6.45, 7) is 2.76. The molecule has 136 valence electrons. The van der Waals surface area contributed by atoms with Gasteiger partial charge < -0.3 is 15.4 Å². The first-order valence-electron chi connectivity index (χ1n) is 8.55. The summed E-state index contributed by atoms with van der Waals surface area (Å²) in [7, 11) is 0. The Hall–Kier alpha value is -3.61. The molecule has 2 amide bonds. The van der Waals surface area contributed by atoms with Gasteiger partial charge in [-0.05, 0) is 36.8 Å². The maximum atomic E-state index is 13.1. The molecule has 2 N–H and O–H groups in total. The number of hydrogen-bond acceptors (Lipinski definition) is 4. The molecule has 0 fully saturated rings. The van der Waals surface area contributed by atoms with Gasteiger partial charge in [0, 0.05) is 6.07 Å². The third-order valence-electron chi connectivity index (χ3n) is 4.41. The number of carbonyl (C=O) groups excluding carboxylic acids is 2. The maximum absolute atomic E-state index is 13.1. The van der Waals surface area contributed by atoms with Gasteiger partial charge in [0.2, 0.25) is 0 Å². The van der Waals surface area contributed by atoms with Crippen molar-refractivity contribution in [2.75, 3.05) is 18.1 Å². The average molecular weight is 362 g/mol. The second kappa shape index (κ2) is 6.60. The van der Waals surface area contributed by atoms with Crippen LogP contribution in [0.1, 0.15) is 26.5 Å². The lowest BCUT2D eigenvalue weighted by Crippen LogP contribution is -2.38. The Balaban J connectivity index is 1.75. The van der Waals surface area contributed by atoms with Crippen molar-refractivity contribution in [3.8, 4) is 11.4 Å². The molecule has 0 saturated heterocycles. The highest BCUT2D eigenvalue weighted by molar-refractivity contribution is 6.07.